The van der Waals surface area contributed by atoms with Crippen LogP contribution in [0.3, 0.4) is 0 Å². The van der Waals surface area contributed by atoms with E-state index in [-0.39, 0.29) is 18.5 Å². The summed E-state index contributed by atoms with van der Waals surface area (Å²) >= 11 is 6.06. The van der Waals surface area contributed by atoms with Gasteiger partial charge in [0.1, 0.15) is 5.02 Å². The van der Waals surface area contributed by atoms with Gasteiger partial charge in [0.05, 0.1) is 19.9 Å². The molecular formula is C12H18ClN5O2. The van der Waals surface area contributed by atoms with E-state index in [1.54, 1.807) is 11.9 Å². The molecule has 2 heterocycles. The second-order valence-electron chi connectivity index (χ2n) is 4.52. The Kier molecular flexibility index (Phi) is 4.97. The molecule has 1 saturated heterocycles. The van der Waals surface area contributed by atoms with Gasteiger partial charge >= 0.3 is 6.01 Å². The number of ether oxygens (including phenoxy) is 1. The number of carbonyl (C=O) groups excluding carboxylic acids is 1. The molecule has 0 atom stereocenters. The Morgan fingerprint density at radius 3 is 2.90 bits per heavy atom. The highest BCUT2D eigenvalue weighted by Crippen LogP contribution is 2.23. The van der Waals surface area contributed by atoms with Crippen LogP contribution in [0.2, 0.25) is 5.02 Å². The van der Waals surface area contributed by atoms with Gasteiger partial charge in [-0.2, -0.15) is 4.98 Å². The summed E-state index contributed by atoms with van der Waals surface area (Å²) < 4.78 is 4.97. The zero-order valence-corrected chi connectivity index (χ0v) is 12.4. The number of nitrogens with zero attached hydrogens (tertiary/aromatic N) is 4. The fourth-order valence-corrected chi connectivity index (χ4v) is 2.24. The number of rotatable bonds is 4. The van der Waals surface area contributed by atoms with Crippen molar-refractivity contribution in [1.29, 1.82) is 0 Å². The van der Waals surface area contributed by atoms with Crippen molar-refractivity contribution in [2.24, 2.45) is 0 Å². The van der Waals surface area contributed by atoms with Gasteiger partial charge in [0.25, 0.3) is 0 Å². The Balaban J connectivity index is 2.03. The smallest absolute Gasteiger partial charge is 0.318 e. The molecule has 0 bridgehead atoms. The number of piperazine rings is 1. The largest absolute Gasteiger partial charge is 0.467 e. The van der Waals surface area contributed by atoms with Crippen molar-refractivity contribution in [3.8, 4) is 6.01 Å². The molecule has 1 N–H and O–H groups in total. The minimum Gasteiger partial charge on any atom is -0.467 e. The standard InChI is InChI=1S/C12H18ClN5O2/c1-17(8-10(19)18-5-3-14-4-6-18)11-9(13)7-15-12(16-11)20-2/h7,14H,3-6,8H2,1-2H3. The van der Waals surface area contributed by atoms with Gasteiger partial charge in [-0.25, -0.2) is 4.98 Å². The molecule has 2 rings (SSSR count). The summed E-state index contributed by atoms with van der Waals surface area (Å²) in [6.07, 6.45) is 1.47. The third kappa shape index (κ3) is 3.49. The maximum absolute atomic E-state index is 12.2. The van der Waals surface area contributed by atoms with Gasteiger partial charge in [-0.15, -0.1) is 0 Å². The Morgan fingerprint density at radius 1 is 1.55 bits per heavy atom. The molecule has 1 aliphatic rings. The number of likely N-dealkylation sites (N-methyl/N-ethyl adjacent to an activating group) is 1. The van der Waals surface area contributed by atoms with E-state index in [0.29, 0.717) is 10.8 Å². The van der Waals surface area contributed by atoms with Gasteiger partial charge in [-0.1, -0.05) is 11.6 Å². The Hall–Kier alpha value is -1.60. The highest BCUT2D eigenvalue weighted by atomic mass is 35.5. The molecule has 20 heavy (non-hydrogen) atoms. The molecule has 1 aromatic rings. The number of methoxy groups -OCH3 is 1. The van der Waals surface area contributed by atoms with E-state index in [2.05, 4.69) is 15.3 Å². The van der Waals surface area contributed by atoms with Crippen molar-refractivity contribution in [3.05, 3.63) is 11.2 Å². The summed E-state index contributed by atoms with van der Waals surface area (Å²) in [7, 11) is 3.26. The number of hydrogen-bond donors (Lipinski definition) is 1. The monoisotopic (exact) mass is 299 g/mol. The third-order valence-corrected chi connectivity index (χ3v) is 3.36. The summed E-state index contributed by atoms with van der Waals surface area (Å²) in [6, 6.07) is 0.228. The van der Waals surface area contributed by atoms with E-state index in [4.69, 9.17) is 16.3 Å². The average molecular weight is 300 g/mol. The Morgan fingerprint density at radius 2 is 2.25 bits per heavy atom. The van der Waals surface area contributed by atoms with Gasteiger partial charge in [0.2, 0.25) is 5.91 Å². The normalized spacial score (nSPS) is 15.1. The molecule has 1 aliphatic heterocycles. The van der Waals surface area contributed by atoms with Crippen molar-refractivity contribution < 1.29 is 9.53 Å². The number of halogens is 1. The Bertz CT molecular complexity index is 479. The lowest BCUT2D eigenvalue weighted by Crippen LogP contribution is -2.49. The third-order valence-electron chi connectivity index (χ3n) is 3.09. The zero-order valence-electron chi connectivity index (χ0n) is 11.6. The molecule has 0 radical (unpaired) electrons. The molecule has 1 aromatic heterocycles. The van der Waals surface area contributed by atoms with E-state index in [1.165, 1.54) is 13.3 Å². The van der Waals surface area contributed by atoms with Crippen LogP contribution in [-0.4, -0.2) is 67.7 Å². The number of nitrogens with one attached hydrogen (secondary N) is 1. The van der Waals surface area contributed by atoms with Crippen LogP contribution in [0, 0.1) is 0 Å². The maximum atomic E-state index is 12.2. The molecule has 8 heteroatoms. The van der Waals surface area contributed by atoms with Crippen LogP contribution < -0.4 is 15.0 Å². The second-order valence-corrected chi connectivity index (χ2v) is 4.92. The van der Waals surface area contributed by atoms with Crippen molar-refractivity contribution in [2.45, 2.75) is 0 Å². The van der Waals surface area contributed by atoms with Gasteiger partial charge in [-0.05, 0) is 0 Å². The number of carbonyl (C=O) groups is 1. The van der Waals surface area contributed by atoms with Gasteiger partial charge in [0, 0.05) is 33.2 Å². The predicted molar refractivity (Wildman–Crippen MR) is 76.3 cm³/mol. The first-order valence-electron chi connectivity index (χ1n) is 6.38. The van der Waals surface area contributed by atoms with Crippen LogP contribution in [0.1, 0.15) is 0 Å². The predicted octanol–water partition coefficient (Wildman–Crippen LogP) is 0.00660. The molecule has 0 spiro atoms. The first kappa shape index (κ1) is 14.8. The maximum Gasteiger partial charge on any atom is 0.318 e. The molecule has 0 unspecified atom stereocenters. The first-order valence-corrected chi connectivity index (χ1v) is 6.75. The van der Waals surface area contributed by atoms with E-state index in [0.717, 1.165) is 26.2 Å². The molecule has 0 saturated carbocycles. The fourth-order valence-electron chi connectivity index (χ4n) is 2.00. The summed E-state index contributed by atoms with van der Waals surface area (Å²) in [5.74, 6) is 0.546. The SMILES string of the molecule is COc1ncc(Cl)c(N(C)CC(=O)N2CCNCC2)n1. The van der Waals surface area contributed by atoms with Crippen LogP contribution in [-0.2, 0) is 4.79 Å². The van der Waals surface area contributed by atoms with E-state index < -0.39 is 0 Å². The molecule has 1 fully saturated rings. The molecular weight excluding hydrogens is 282 g/mol. The highest BCUT2D eigenvalue weighted by Gasteiger charge is 2.19. The number of amides is 1. The van der Waals surface area contributed by atoms with Crippen LogP contribution in [0.15, 0.2) is 6.20 Å². The quantitative estimate of drug-likeness (QED) is 0.844. The van der Waals surface area contributed by atoms with Gasteiger partial charge < -0.3 is 19.9 Å². The van der Waals surface area contributed by atoms with Crippen LogP contribution in [0.4, 0.5) is 5.82 Å². The molecule has 0 aromatic carbocycles. The lowest BCUT2D eigenvalue weighted by Gasteiger charge is -2.29. The number of anilines is 1. The first-order chi connectivity index (χ1) is 9.61. The molecule has 1 amide bonds. The van der Waals surface area contributed by atoms with Crippen LogP contribution in [0.25, 0.3) is 0 Å². The minimum atomic E-state index is 0.0580. The second kappa shape index (κ2) is 6.71. The molecule has 7 nitrogen and oxygen atoms in total. The minimum absolute atomic E-state index is 0.0580. The van der Waals surface area contributed by atoms with Crippen molar-refractivity contribution in [1.82, 2.24) is 20.2 Å². The number of hydrogen-bond acceptors (Lipinski definition) is 6. The van der Waals surface area contributed by atoms with Crippen LogP contribution >= 0.6 is 11.6 Å². The zero-order chi connectivity index (χ0) is 14.5. The summed E-state index contributed by atoms with van der Waals surface area (Å²) in [5, 5.41) is 3.60. The lowest BCUT2D eigenvalue weighted by atomic mass is 10.3. The summed E-state index contributed by atoms with van der Waals surface area (Å²) in [4.78, 5) is 23.8. The number of aromatic nitrogens is 2. The average Bonchev–Trinajstić information content (AvgIpc) is 2.48. The molecule has 0 aliphatic carbocycles. The van der Waals surface area contributed by atoms with Gasteiger partial charge in [0.15, 0.2) is 5.82 Å². The van der Waals surface area contributed by atoms with Gasteiger partial charge in [-0.3, -0.25) is 4.79 Å². The van der Waals surface area contributed by atoms with Crippen molar-refractivity contribution in [3.63, 3.8) is 0 Å². The topological polar surface area (TPSA) is 70.6 Å². The van der Waals surface area contributed by atoms with Crippen LogP contribution in [0.5, 0.6) is 6.01 Å². The Labute approximate surface area is 122 Å². The lowest BCUT2D eigenvalue weighted by molar-refractivity contribution is -0.130. The highest BCUT2D eigenvalue weighted by molar-refractivity contribution is 6.32. The summed E-state index contributed by atoms with van der Waals surface area (Å²) in [5.41, 5.74) is 0. The van der Waals surface area contributed by atoms with E-state index >= 15 is 0 Å². The summed E-state index contributed by atoms with van der Waals surface area (Å²) in [6.45, 7) is 3.34. The molecule has 110 valence electrons. The van der Waals surface area contributed by atoms with Crippen molar-refractivity contribution in [2.75, 3.05) is 51.8 Å². The van der Waals surface area contributed by atoms with E-state index in [9.17, 15) is 4.79 Å². The van der Waals surface area contributed by atoms with Crippen molar-refractivity contribution >= 4 is 23.3 Å². The van der Waals surface area contributed by atoms with E-state index in [1.807, 2.05) is 4.90 Å². The fraction of sp³-hybridized carbons (Fsp3) is 0.583.